The maximum absolute atomic E-state index is 14.4. The number of alkyl halides is 6. The van der Waals surface area contributed by atoms with Crippen molar-refractivity contribution in [3.8, 4) is 0 Å². The van der Waals surface area contributed by atoms with Gasteiger partial charge in [-0.05, 0) is 42.9 Å². The van der Waals surface area contributed by atoms with Crippen LogP contribution in [0, 0.1) is 16.0 Å². The van der Waals surface area contributed by atoms with Crippen molar-refractivity contribution in [3.63, 3.8) is 0 Å². The van der Waals surface area contributed by atoms with Gasteiger partial charge in [-0.1, -0.05) is 6.92 Å². The molecular formula is C23H23F7N4O2S. The highest BCUT2D eigenvalue weighted by molar-refractivity contribution is 7.91. The average molecular weight is 553 g/mol. The summed E-state index contributed by atoms with van der Waals surface area (Å²) in [4.78, 5) is 12.7. The van der Waals surface area contributed by atoms with E-state index in [0.29, 0.717) is 0 Å². The Bertz CT molecular complexity index is 1400. The summed E-state index contributed by atoms with van der Waals surface area (Å²) < 4.78 is 119. The number of hydrogen-bond donors (Lipinski definition) is 2. The molecule has 6 rings (SSSR count). The standard InChI is InChI=1S/C23H23F7N4O2S/c1-19(6-22(26,27)7-19)11-34-16(18(35)32-12-3-4-13(24)14(5-12)37(2,31)36)15(23(28,29)30)17(33-34)20-8-21(25,9-20)10-20/h3-5,31H,6-11H2,1-2H3,(H,32,35)/t20?,21?,37-/m0/s1. The monoisotopic (exact) mass is 552 g/mol. The lowest BCUT2D eigenvalue weighted by Gasteiger charge is -2.65. The predicted molar refractivity (Wildman–Crippen MR) is 118 cm³/mol. The molecule has 4 aliphatic rings. The van der Waals surface area contributed by atoms with Gasteiger partial charge in [0.15, 0.2) is 0 Å². The van der Waals surface area contributed by atoms with Crippen LogP contribution in [0.4, 0.5) is 36.4 Å². The zero-order valence-corrected chi connectivity index (χ0v) is 20.6. The van der Waals surface area contributed by atoms with Crippen molar-refractivity contribution in [3.05, 3.63) is 41.0 Å². The Hall–Kier alpha value is -2.64. The first kappa shape index (κ1) is 26.0. The summed E-state index contributed by atoms with van der Waals surface area (Å²) in [5, 5.41) is 6.29. The van der Waals surface area contributed by atoms with Crippen LogP contribution in [-0.4, -0.2) is 37.7 Å². The van der Waals surface area contributed by atoms with Crippen LogP contribution in [0.5, 0.6) is 0 Å². The minimum absolute atomic E-state index is 0.174. The molecule has 0 saturated heterocycles. The molecule has 1 heterocycles. The highest BCUT2D eigenvalue weighted by Crippen LogP contribution is 2.70. The van der Waals surface area contributed by atoms with Crippen LogP contribution in [0.25, 0.3) is 0 Å². The zero-order chi connectivity index (χ0) is 27.4. The average Bonchev–Trinajstić information content (AvgIpc) is 3.02. The van der Waals surface area contributed by atoms with E-state index < -0.39 is 91.3 Å². The second kappa shape index (κ2) is 7.48. The molecule has 1 aromatic heterocycles. The summed E-state index contributed by atoms with van der Waals surface area (Å²) in [5.74, 6) is -5.28. The molecule has 2 bridgehead atoms. The molecule has 2 aromatic rings. The number of aromatic nitrogens is 2. The number of anilines is 1. The van der Waals surface area contributed by atoms with Crippen molar-refractivity contribution in [2.24, 2.45) is 5.41 Å². The van der Waals surface area contributed by atoms with E-state index >= 15 is 0 Å². The number of nitrogens with zero attached hydrogens (tertiary/aromatic N) is 2. The predicted octanol–water partition coefficient (Wildman–Crippen LogP) is 5.91. The maximum atomic E-state index is 14.4. The molecular weight excluding hydrogens is 529 g/mol. The molecule has 4 aliphatic carbocycles. The Balaban J connectivity index is 1.58. The van der Waals surface area contributed by atoms with Crippen molar-refractivity contribution in [1.29, 1.82) is 4.78 Å². The Morgan fingerprint density at radius 2 is 1.76 bits per heavy atom. The third-order valence-electron chi connectivity index (χ3n) is 7.43. The number of carbonyl (C=O) groups is 1. The van der Waals surface area contributed by atoms with E-state index in [1.165, 1.54) is 6.92 Å². The van der Waals surface area contributed by atoms with Gasteiger partial charge < -0.3 is 5.32 Å². The van der Waals surface area contributed by atoms with Gasteiger partial charge in [0.1, 0.15) is 22.7 Å². The van der Waals surface area contributed by atoms with Gasteiger partial charge >= 0.3 is 6.18 Å². The Labute approximate surface area is 207 Å². The topological polar surface area (TPSA) is 87.8 Å². The molecule has 1 aromatic carbocycles. The molecule has 37 heavy (non-hydrogen) atoms. The van der Waals surface area contributed by atoms with E-state index in [4.69, 9.17) is 4.78 Å². The molecule has 0 aliphatic heterocycles. The Morgan fingerprint density at radius 3 is 2.24 bits per heavy atom. The first-order valence-electron chi connectivity index (χ1n) is 11.4. The molecule has 0 radical (unpaired) electrons. The number of rotatable bonds is 6. The van der Waals surface area contributed by atoms with Crippen molar-refractivity contribution >= 4 is 21.3 Å². The van der Waals surface area contributed by atoms with Crippen LogP contribution in [0.15, 0.2) is 23.1 Å². The Kier molecular flexibility index (Phi) is 5.25. The Morgan fingerprint density at radius 1 is 1.16 bits per heavy atom. The second-order valence-corrected chi connectivity index (χ2v) is 13.3. The van der Waals surface area contributed by atoms with Crippen molar-refractivity contribution in [1.82, 2.24) is 9.78 Å². The zero-order valence-electron chi connectivity index (χ0n) is 19.7. The molecule has 6 nitrogen and oxygen atoms in total. The number of halogens is 7. The van der Waals surface area contributed by atoms with Crippen LogP contribution >= 0.6 is 0 Å². The van der Waals surface area contributed by atoms with Crippen LogP contribution in [0.3, 0.4) is 0 Å². The van der Waals surface area contributed by atoms with Crippen molar-refractivity contribution < 1.29 is 39.7 Å². The van der Waals surface area contributed by atoms with E-state index in [0.717, 1.165) is 29.1 Å². The fraction of sp³-hybridized carbons (Fsp3) is 0.565. The summed E-state index contributed by atoms with van der Waals surface area (Å²) in [6.45, 7) is 1.05. The van der Waals surface area contributed by atoms with Gasteiger partial charge in [0.25, 0.3) is 5.91 Å². The summed E-state index contributed by atoms with van der Waals surface area (Å²) in [6, 6.07) is 2.73. The molecule has 0 unspecified atom stereocenters. The first-order chi connectivity index (χ1) is 16.8. The van der Waals surface area contributed by atoms with Gasteiger partial charge in [0.05, 0.1) is 20.3 Å². The van der Waals surface area contributed by atoms with Gasteiger partial charge in [-0.3, -0.25) is 9.48 Å². The molecule has 4 saturated carbocycles. The number of benzene rings is 1. The first-order valence-corrected chi connectivity index (χ1v) is 13.3. The molecule has 14 heteroatoms. The van der Waals surface area contributed by atoms with Gasteiger partial charge in [0, 0.05) is 36.7 Å². The SMILES string of the molecule is CC1(Cn2nc(C34CC(F)(C3)C4)c(C(F)(F)F)c2C(=O)Nc2ccc(F)c([S@@](C)(=N)=O)c2)CC(F)(F)C1. The fourth-order valence-corrected chi connectivity index (χ4v) is 6.89. The molecule has 0 spiro atoms. The minimum Gasteiger partial charge on any atom is -0.321 e. The van der Waals surface area contributed by atoms with E-state index in [1.807, 2.05) is 0 Å². The van der Waals surface area contributed by atoms with Crippen LogP contribution in [-0.2, 0) is 27.9 Å². The fourth-order valence-electron chi connectivity index (χ4n) is 6.10. The highest BCUT2D eigenvalue weighted by atomic mass is 32.2. The smallest absolute Gasteiger partial charge is 0.321 e. The van der Waals surface area contributed by atoms with Gasteiger partial charge in [0.2, 0.25) is 5.92 Å². The van der Waals surface area contributed by atoms with E-state index in [9.17, 15) is 39.7 Å². The minimum atomic E-state index is -5.07. The molecule has 1 amide bonds. The van der Waals surface area contributed by atoms with E-state index in [-0.39, 0.29) is 24.9 Å². The van der Waals surface area contributed by atoms with Crippen LogP contribution in [0.2, 0.25) is 0 Å². The molecule has 1 atom stereocenters. The summed E-state index contributed by atoms with van der Waals surface area (Å²) in [6.07, 6.45) is -5.87. The lowest BCUT2D eigenvalue weighted by atomic mass is 9.41. The van der Waals surface area contributed by atoms with Crippen LogP contribution < -0.4 is 5.32 Å². The number of amides is 1. The molecule has 4 fully saturated rings. The summed E-state index contributed by atoms with van der Waals surface area (Å²) in [5.41, 5.74) is -6.87. The van der Waals surface area contributed by atoms with Gasteiger partial charge in [-0.15, -0.1) is 0 Å². The van der Waals surface area contributed by atoms with E-state index in [1.54, 1.807) is 0 Å². The van der Waals surface area contributed by atoms with Gasteiger partial charge in [-0.25, -0.2) is 26.6 Å². The largest absolute Gasteiger partial charge is 0.420 e. The molecule has 2 N–H and O–H groups in total. The van der Waals surface area contributed by atoms with Crippen molar-refractivity contribution in [2.75, 3.05) is 11.6 Å². The summed E-state index contributed by atoms with van der Waals surface area (Å²) in [7, 11) is -3.57. The quantitative estimate of drug-likeness (QED) is 0.437. The third-order valence-corrected chi connectivity index (χ3v) is 8.58. The van der Waals surface area contributed by atoms with E-state index in [2.05, 4.69) is 10.4 Å². The lowest BCUT2D eigenvalue weighted by Crippen LogP contribution is -2.67. The van der Waals surface area contributed by atoms with Crippen LogP contribution in [0.1, 0.15) is 60.8 Å². The maximum Gasteiger partial charge on any atom is 0.420 e. The third kappa shape index (κ3) is 4.30. The number of nitrogens with one attached hydrogen (secondary N) is 2. The number of hydrogen-bond acceptors (Lipinski definition) is 4. The van der Waals surface area contributed by atoms with Crippen molar-refractivity contribution in [2.45, 2.75) is 73.7 Å². The lowest BCUT2D eigenvalue weighted by molar-refractivity contribution is -0.170. The second-order valence-electron chi connectivity index (χ2n) is 11.2. The highest BCUT2D eigenvalue weighted by Gasteiger charge is 2.72. The molecule has 202 valence electrons. The van der Waals surface area contributed by atoms with Gasteiger partial charge in [-0.2, -0.15) is 18.3 Å². The normalized spacial score (nSPS) is 28.9. The number of carbonyl (C=O) groups excluding carboxylic acids is 1. The summed E-state index contributed by atoms with van der Waals surface area (Å²) >= 11 is 0.